The molecule has 0 heterocycles. The van der Waals surface area contributed by atoms with Crippen molar-refractivity contribution in [3.05, 3.63) is 29.8 Å². The molecule has 1 aromatic carbocycles. The summed E-state index contributed by atoms with van der Waals surface area (Å²) in [6.45, 7) is 2.19. The van der Waals surface area contributed by atoms with Gasteiger partial charge in [0.2, 0.25) is 0 Å². The molecule has 1 atom stereocenters. The van der Waals surface area contributed by atoms with Crippen LogP contribution in [0, 0.1) is 0 Å². The van der Waals surface area contributed by atoms with Crippen molar-refractivity contribution in [1.29, 1.82) is 0 Å². The summed E-state index contributed by atoms with van der Waals surface area (Å²) in [4.78, 5) is 12.8. The summed E-state index contributed by atoms with van der Waals surface area (Å²) in [6.07, 6.45) is 4.90. The Morgan fingerprint density at radius 2 is 2.19 bits per heavy atom. The third-order valence-electron chi connectivity index (χ3n) is 3.08. The number of carbonyl (C=O) groups excluding carboxylic acids is 1. The van der Waals surface area contributed by atoms with E-state index in [0.717, 1.165) is 25.7 Å². The Morgan fingerprint density at radius 1 is 1.38 bits per heavy atom. The van der Waals surface area contributed by atoms with Gasteiger partial charge in [-0.2, -0.15) is 0 Å². The molecule has 1 saturated carbocycles. The van der Waals surface area contributed by atoms with Crippen molar-refractivity contribution in [1.82, 2.24) is 0 Å². The van der Waals surface area contributed by atoms with Crippen LogP contribution in [0.3, 0.4) is 0 Å². The maximum absolute atomic E-state index is 11.4. The fourth-order valence-corrected chi connectivity index (χ4v) is 3.61. The molecule has 2 heteroatoms. The number of thioether (sulfide) groups is 1. The summed E-state index contributed by atoms with van der Waals surface area (Å²) in [5.74, 6) is 0.442. The molecule has 0 N–H and O–H groups in total. The van der Waals surface area contributed by atoms with E-state index in [4.69, 9.17) is 0 Å². The van der Waals surface area contributed by atoms with Gasteiger partial charge in [-0.25, -0.2) is 0 Å². The van der Waals surface area contributed by atoms with Gasteiger partial charge in [-0.05, 0) is 30.9 Å². The molecule has 0 radical (unpaired) electrons. The van der Waals surface area contributed by atoms with Crippen molar-refractivity contribution in [2.24, 2.45) is 0 Å². The summed E-state index contributed by atoms with van der Waals surface area (Å²) in [6, 6.07) is 8.55. The number of ketones is 1. The van der Waals surface area contributed by atoms with E-state index in [9.17, 15) is 4.79 Å². The standard InChI is InChI=1S/C14H18OS/c1-2-11-6-3-4-9-14(11)16-13-8-5-7-12(15)10-13/h3-4,6,9,13H,2,5,7-8,10H2,1H3/t13-/m0/s1. The molecule has 1 aliphatic rings. The summed E-state index contributed by atoms with van der Waals surface area (Å²) in [5, 5.41) is 0.508. The Bertz CT molecular complexity index is 373. The molecule has 0 amide bonds. The van der Waals surface area contributed by atoms with E-state index in [1.807, 2.05) is 11.8 Å². The first-order valence-electron chi connectivity index (χ1n) is 6.06. The molecule has 1 nitrogen and oxygen atoms in total. The number of Topliss-reactive ketones (excluding diaryl/α,β-unsaturated/α-hetero) is 1. The highest BCUT2D eigenvalue weighted by molar-refractivity contribution is 8.00. The number of carbonyl (C=O) groups is 1. The fourth-order valence-electron chi connectivity index (χ4n) is 2.18. The van der Waals surface area contributed by atoms with Crippen LogP contribution in [0.25, 0.3) is 0 Å². The van der Waals surface area contributed by atoms with Crippen LogP contribution in [0.4, 0.5) is 0 Å². The summed E-state index contributed by atoms with van der Waals surface area (Å²) >= 11 is 1.90. The van der Waals surface area contributed by atoms with Crippen LogP contribution in [-0.4, -0.2) is 11.0 Å². The Kier molecular flexibility index (Phi) is 4.05. The highest BCUT2D eigenvalue weighted by Crippen LogP contribution is 2.34. The Hall–Kier alpha value is -0.760. The molecule has 16 heavy (non-hydrogen) atoms. The Labute approximate surface area is 102 Å². The van der Waals surface area contributed by atoms with Crippen LogP contribution in [-0.2, 0) is 11.2 Å². The van der Waals surface area contributed by atoms with Gasteiger partial charge in [0.05, 0.1) is 0 Å². The van der Waals surface area contributed by atoms with Crippen molar-refractivity contribution in [3.8, 4) is 0 Å². The minimum atomic E-state index is 0.442. The largest absolute Gasteiger partial charge is 0.300 e. The van der Waals surface area contributed by atoms with Crippen LogP contribution in [0.2, 0.25) is 0 Å². The van der Waals surface area contributed by atoms with E-state index in [0.29, 0.717) is 11.0 Å². The van der Waals surface area contributed by atoms with E-state index >= 15 is 0 Å². The third-order valence-corrected chi connectivity index (χ3v) is 4.47. The van der Waals surface area contributed by atoms with Gasteiger partial charge in [-0.3, -0.25) is 4.79 Å². The summed E-state index contributed by atoms with van der Waals surface area (Å²) in [7, 11) is 0. The number of rotatable bonds is 3. The molecule has 0 unspecified atom stereocenters. The van der Waals surface area contributed by atoms with Crippen molar-refractivity contribution < 1.29 is 4.79 Å². The lowest BCUT2D eigenvalue weighted by Gasteiger charge is -2.21. The van der Waals surface area contributed by atoms with Gasteiger partial charge in [0.25, 0.3) is 0 Å². The predicted octanol–water partition coefficient (Wildman–Crippen LogP) is 3.85. The fraction of sp³-hybridized carbons (Fsp3) is 0.500. The van der Waals surface area contributed by atoms with Crippen molar-refractivity contribution >= 4 is 17.5 Å². The monoisotopic (exact) mass is 234 g/mol. The zero-order valence-corrected chi connectivity index (χ0v) is 10.6. The molecule has 0 spiro atoms. The van der Waals surface area contributed by atoms with Gasteiger partial charge in [0.15, 0.2) is 0 Å². The quantitative estimate of drug-likeness (QED) is 0.790. The van der Waals surface area contributed by atoms with E-state index in [1.165, 1.54) is 16.9 Å². The highest BCUT2D eigenvalue weighted by atomic mass is 32.2. The van der Waals surface area contributed by atoms with Crippen LogP contribution < -0.4 is 0 Å². The van der Waals surface area contributed by atoms with E-state index in [2.05, 4.69) is 31.2 Å². The number of hydrogen-bond donors (Lipinski definition) is 0. The molecule has 2 rings (SSSR count). The summed E-state index contributed by atoms with van der Waals surface area (Å²) < 4.78 is 0. The first kappa shape index (κ1) is 11.7. The normalized spacial score (nSPS) is 21.1. The van der Waals surface area contributed by atoms with Gasteiger partial charge in [0, 0.05) is 23.0 Å². The van der Waals surface area contributed by atoms with Crippen LogP contribution in [0.5, 0.6) is 0 Å². The molecule has 1 fully saturated rings. The molecular formula is C14H18OS. The molecule has 0 aliphatic heterocycles. The van der Waals surface area contributed by atoms with Crippen molar-refractivity contribution in [2.75, 3.05) is 0 Å². The van der Waals surface area contributed by atoms with Gasteiger partial charge >= 0.3 is 0 Å². The van der Waals surface area contributed by atoms with Crippen LogP contribution >= 0.6 is 11.8 Å². The van der Waals surface area contributed by atoms with E-state index in [1.54, 1.807) is 0 Å². The zero-order valence-electron chi connectivity index (χ0n) is 9.74. The summed E-state index contributed by atoms with van der Waals surface area (Å²) in [5.41, 5.74) is 1.41. The lowest BCUT2D eigenvalue weighted by atomic mass is 9.99. The zero-order chi connectivity index (χ0) is 11.4. The van der Waals surface area contributed by atoms with Gasteiger partial charge in [-0.1, -0.05) is 25.1 Å². The first-order valence-corrected chi connectivity index (χ1v) is 6.94. The molecular weight excluding hydrogens is 216 g/mol. The second-order valence-corrected chi connectivity index (χ2v) is 5.68. The van der Waals surface area contributed by atoms with Gasteiger partial charge in [0.1, 0.15) is 5.78 Å². The Morgan fingerprint density at radius 3 is 2.94 bits per heavy atom. The molecule has 1 aromatic rings. The second-order valence-electron chi connectivity index (χ2n) is 4.34. The predicted molar refractivity (Wildman–Crippen MR) is 68.9 cm³/mol. The maximum Gasteiger partial charge on any atom is 0.134 e. The maximum atomic E-state index is 11.4. The first-order chi connectivity index (χ1) is 7.79. The molecule has 0 saturated heterocycles. The lowest BCUT2D eigenvalue weighted by Crippen LogP contribution is -2.16. The number of benzene rings is 1. The average molecular weight is 234 g/mol. The van der Waals surface area contributed by atoms with Crippen molar-refractivity contribution in [3.63, 3.8) is 0 Å². The third kappa shape index (κ3) is 2.88. The molecule has 0 bridgehead atoms. The topological polar surface area (TPSA) is 17.1 Å². The lowest BCUT2D eigenvalue weighted by molar-refractivity contribution is -0.120. The highest BCUT2D eigenvalue weighted by Gasteiger charge is 2.20. The SMILES string of the molecule is CCc1ccccc1S[C@H]1CCCC(=O)C1. The van der Waals surface area contributed by atoms with Gasteiger partial charge < -0.3 is 0 Å². The van der Waals surface area contributed by atoms with Crippen LogP contribution in [0.1, 0.15) is 38.2 Å². The second kappa shape index (κ2) is 5.53. The van der Waals surface area contributed by atoms with Crippen molar-refractivity contribution in [2.45, 2.75) is 49.2 Å². The van der Waals surface area contributed by atoms with E-state index < -0.39 is 0 Å². The smallest absolute Gasteiger partial charge is 0.134 e. The minimum Gasteiger partial charge on any atom is -0.300 e. The molecule has 0 aromatic heterocycles. The Balaban J connectivity index is 2.05. The minimum absolute atomic E-state index is 0.442. The average Bonchev–Trinajstić information content (AvgIpc) is 2.30. The molecule has 86 valence electrons. The number of hydrogen-bond acceptors (Lipinski definition) is 2. The van der Waals surface area contributed by atoms with Gasteiger partial charge in [-0.15, -0.1) is 11.8 Å². The number of aryl methyl sites for hydroxylation is 1. The van der Waals surface area contributed by atoms with Crippen LogP contribution in [0.15, 0.2) is 29.2 Å². The molecule has 1 aliphatic carbocycles. The van der Waals surface area contributed by atoms with E-state index in [-0.39, 0.29) is 0 Å².